The maximum Gasteiger partial charge on any atom is 0.262 e. The van der Waals surface area contributed by atoms with Crippen LogP contribution in [0.15, 0.2) is 36.7 Å². The Kier molecular flexibility index (Phi) is 5.71. The van der Waals surface area contributed by atoms with E-state index in [1.54, 1.807) is 12.3 Å². The van der Waals surface area contributed by atoms with Crippen molar-refractivity contribution in [3.05, 3.63) is 53.3 Å². The lowest BCUT2D eigenvalue weighted by molar-refractivity contribution is -0.118. The molecule has 0 saturated heterocycles. The number of carbonyl (C=O) groups excluding carboxylic acids is 1. The standard InChI is InChI=1S/C18H22N2O3/c1-12(2)15-5-4-13(3)8-17(15)23-11-18(22)20-16-9-19-7-6-14(16)10-21/h4-9,12,21H,10-11H2,1-3H3,(H,20,22). The maximum absolute atomic E-state index is 12.1. The van der Waals surface area contributed by atoms with Crippen LogP contribution in [0.4, 0.5) is 5.69 Å². The van der Waals surface area contributed by atoms with Gasteiger partial charge in [0.2, 0.25) is 0 Å². The number of anilines is 1. The number of ether oxygens (including phenoxy) is 1. The van der Waals surface area contributed by atoms with Crippen LogP contribution in [0.5, 0.6) is 5.75 Å². The number of aromatic nitrogens is 1. The Morgan fingerprint density at radius 3 is 2.83 bits per heavy atom. The highest BCUT2D eigenvalue weighted by molar-refractivity contribution is 5.92. The Morgan fingerprint density at radius 2 is 2.13 bits per heavy atom. The van der Waals surface area contributed by atoms with Crippen LogP contribution in [-0.2, 0) is 11.4 Å². The van der Waals surface area contributed by atoms with Gasteiger partial charge >= 0.3 is 0 Å². The lowest BCUT2D eigenvalue weighted by Gasteiger charge is -2.15. The first-order valence-corrected chi connectivity index (χ1v) is 7.58. The van der Waals surface area contributed by atoms with Crippen LogP contribution in [0, 0.1) is 6.92 Å². The Hall–Kier alpha value is -2.40. The first-order valence-electron chi connectivity index (χ1n) is 7.58. The lowest BCUT2D eigenvalue weighted by Crippen LogP contribution is -2.21. The van der Waals surface area contributed by atoms with Crippen molar-refractivity contribution >= 4 is 11.6 Å². The van der Waals surface area contributed by atoms with Gasteiger partial charge in [-0.05, 0) is 36.1 Å². The molecule has 2 rings (SSSR count). The fourth-order valence-electron chi connectivity index (χ4n) is 2.25. The predicted octanol–water partition coefficient (Wildman–Crippen LogP) is 3.02. The number of hydrogen-bond donors (Lipinski definition) is 2. The number of hydrogen-bond acceptors (Lipinski definition) is 4. The van der Waals surface area contributed by atoms with E-state index in [4.69, 9.17) is 4.74 Å². The molecule has 0 fully saturated rings. The number of aryl methyl sites for hydroxylation is 1. The van der Waals surface area contributed by atoms with Gasteiger partial charge in [-0.25, -0.2) is 0 Å². The predicted molar refractivity (Wildman–Crippen MR) is 89.6 cm³/mol. The molecule has 0 spiro atoms. The highest BCUT2D eigenvalue weighted by Gasteiger charge is 2.11. The molecule has 5 heteroatoms. The second kappa shape index (κ2) is 7.74. The van der Waals surface area contributed by atoms with E-state index in [-0.39, 0.29) is 19.1 Å². The summed E-state index contributed by atoms with van der Waals surface area (Å²) in [5.41, 5.74) is 3.27. The van der Waals surface area contributed by atoms with Crippen LogP contribution < -0.4 is 10.1 Å². The molecule has 0 saturated carbocycles. The molecule has 1 aromatic carbocycles. The van der Waals surface area contributed by atoms with E-state index in [0.717, 1.165) is 16.9 Å². The zero-order valence-corrected chi connectivity index (χ0v) is 13.7. The van der Waals surface area contributed by atoms with Crippen LogP contribution in [-0.4, -0.2) is 22.6 Å². The first-order chi connectivity index (χ1) is 11.0. The third-order valence-corrected chi connectivity index (χ3v) is 3.51. The summed E-state index contributed by atoms with van der Waals surface area (Å²) >= 11 is 0. The van der Waals surface area contributed by atoms with Gasteiger partial charge < -0.3 is 15.2 Å². The van der Waals surface area contributed by atoms with Crippen molar-refractivity contribution in [2.24, 2.45) is 0 Å². The minimum Gasteiger partial charge on any atom is -0.483 e. The molecule has 0 aliphatic heterocycles. The monoisotopic (exact) mass is 314 g/mol. The van der Waals surface area contributed by atoms with Gasteiger partial charge in [0, 0.05) is 11.8 Å². The largest absolute Gasteiger partial charge is 0.483 e. The highest BCUT2D eigenvalue weighted by atomic mass is 16.5. The fraction of sp³-hybridized carbons (Fsp3) is 0.333. The molecule has 1 aromatic heterocycles. The average molecular weight is 314 g/mol. The number of pyridine rings is 1. The number of aliphatic hydroxyl groups excluding tert-OH is 1. The second-order valence-electron chi connectivity index (χ2n) is 5.72. The molecule has 1 amide bonds. The topological polar surface area (TPSA) is 71.5 Å². The molecule has 0 radical (unpaired) electrons. The SMILES string of the molecule is Cc1ccc(C(C)C)c(OCC(=O)Nc2cnccc2CO)c1. The van der Waals surface area contributed by atoms with E-state index in [0.29, 0.717) is 17.2 Å². The van der Waals surface area contributed by atoms with Gasteiger partial charge in [-0.3, -0.25) is 9.78 Å². The van der Waals surface area contributed by atoms with Gasteiger partial charge in [-0.1, -0.05) is 26.0 Å². The summed E-state index contributed by atoms with van der Waals surface area (Å²) in [6.07, 6.45) is 3.08. The summed E-state index contributed by atoms with van der Waals surface area (Å²) in [6.45, 7) is 5.90. The van der Waals surface area contributed by atoms with Gasteiger partial charge in [0.15, 0.2) is 6.61 Å². The number of amides is 1. The van der Waals surface area contributed by atoms with Crippen LogP contribution >= 0.6 is 0 Å². The van der Waals surface area contributed by atoms with Gasteiger partial charge in [0.1, 0.15) is 5.75 Å². The van der Waals surface area contributed by atoms with Gasteiger partial charge in [-0.2, -0.15) is 0 Å². The summed E-state index contributed by atoms with van der Waals surface area (Å²) in [6, 6.07) is 7.66. The normalized spacial score (nSPS) is 10.7. The molecule has 0 atom stereocenters. The summed E-state index contributed by atoms with van der Waals surface area (Å²) < 4.78 is 5.69. The molecular formula is C18H22N2O3. The number of aliphatic hydroxyl groups is 1. The van der Waals surface area contributed by atoms with Crippen molar-refractivity contribution < 1.29 is 14.6 Å². The molecule has 0 bridgehead atoms. The number of carbonyl (C=O) groups is 1. The molecule has 122 valence electrons. The number of rotatable bonds is 6. The van der Waals surface area contributed by atoms with E-state index < -0.39 is 0 Å². The van der Waals surface area contributed by atoms with Crippen molar-refractivity contribution in [3.8, 4) is 5.75 Å². The molecule has 2 aromatic rings. The van der Waals surface area contributed by atoms with Crippen molar-refractivity contribution in [2.45, 2.75) is 33.3 Å². The van der Waals surface area contributed by atoms with Crippen molar-refractivity contribution in [1.82, 2.24) is 4.98 Å². The fourth-order valence-corrected chi connectivity index (χ4v) is 2.25. The minimum absolute atomic E-state index is 0.0943. The van der Waals surface area contributed by atoms with E-state index in [1.807, 2.05) is 25.1 Å². The molecule has 0 aliphatic carbocycles. The zero-order valence-electron chi connectivity index (χ0n) is 13.7. The first kappa shape index (κ1) is 17.0. The van der Waals surface area contributed by atoms with Crippen molar-refractivity contribution in [3.63, 3.8) is 0 Å². The van der Waals surface area contributed by atoms with E-state index in [9.17, 15) is 9.90 Å². The molecular weight excluding hydrogens is 292 g/mol. The number of benzene rings is 1. The Morgan fingerprint density at radius 1 is 1.35 bits per heavy atom. The Balaban J connectivity index is 2.03. The molecule has 0 unspecified atom stereocenters. The zero-order chi connectivity index (χ0) is 16.8. The molecule has 2 N–H and O–H groups in total. The smallest absolute Gasteiger partial charge is 0.262 e. The summed E-state index contributed by atoms with van der Waals surface area (Å²) in [4.78, 5) is 16.0. The van der Waals surface area contributed by atoms with Gasteiger partial charge in [-0.15, -0.1) is 0 Å². The van der Waals surface area contributed by atoms with E-state index >= 15 is 0 Å². The van der Waals surface area contributed by atoms with E-state index in [1.165, 1.54) is 6.20 Å². The van der Waals surface area contributed by atoms with Crippen LogP contribution in [0.25, 0.3) is 0 Å². The van der Waals surface area contributed by atoms with Gasteiger partial charge in [0.25, 0.3) is 5.91 Å². The molecule has 23 heavy (non-hydrogen) atoms. The summed E-state index contributed by atoms with van der Waals surface area (Å²) in [5.74, 6) is 0.751. The van der Waals surface area contributed by atoms with Crippen LogP contribution in [0.2, 0.25) is 0 Å². The molecule has 5 nitrogen and oxygen atoms in total. The molecule has 0 aliphatic rings. The van der Waals surface area contributed by atoms with Crippen LogP contribution in [0.1, 0.15) is 36.5 Å². The summed E-state index contributed by atoms with van der Waals surface area (Å²) in [5, 5.41) is 12.0. The maximum atomic E-state index is 12.1. The third kappa shape index (κ3) is 4.53. The average Bonchev–Trinajstić information content (AvgIpc) is 2.53. The van der Waals surface area contributed by atoms with Gasteiger partial charge in [0.05, 0.1) is 18.5 Å². The van der Waals surface area contributed by atoms with Crippen LogP contribution in [0.3, 0.4) is 0 Å². The van der Waals surface area contributed by atoms with Crippen molar-refractivity contribution in [1.29, 1.82) is 0 Å². The number of nitrogens with one attached hydrogen (secondary N) is 1. The van der Waals surface area contributed by atoms with E-state index in [2.05, 4.69) is 24.1 Å². The summed E-state index contributed by atoms with van der Waals surface area (Å²) in [7, 11) is 0. The molecule has 1 heterocycles. The van der Waals surface area contributed by atoms with Crippen molar-refractivity contribution in [2.75, 3.05) is 11.9 Å². The third-order valence-electron chi connectivity index (χ3n) is 3.51. The number of nitrogens with zero attached hydrogens (tertiary/aromatic N) is 1. The Labute approximate surface area is 136 Å². The highest BCUT2D eigenvalue weighted by Crippen LogP contribution is 2.27. The minimum atomic E-state index is -0.288. The lowest BCUT2D eigenvalue weighted by atomic mass is 10.0. The Bertz CT molecular complexity index is 684. The second-order valence-corrected chi connectivity index (χ2v) is 5.72. The quantitative estimate of drug-likeness (QED) is 0.860.